The minimum absolute atomic E-state index is 0.120. The fourth-order valence-electron chi connectivity index (χ4n) is 2.25. The lowest BCUT2D eigenvalue weighted by Gasteiger charge is -2.11. The third-order valence-corrected chi connectivity index (χ3v) is 3.34. The van der Waals surface area contributed by atoms with E-state index in [2.05, 4.69) is 9.97 Å². The fourth-order valence-corrected chi connectivity index (χ4v) is 2.47. The van der Waals surface area contributed by atoms with Gasteiger partial charge in [0.2, 0.25) is 0 Å². The van der Waals surface area contributed by atoms with Crippen LogP contribution in [-0.2, 0) is 12.8 Å². The molecule has 5 heteroatoms. The molecule has 0 aliphatic rings. The van der Waals surface area contributed by atoms with Crippen molar-refractivity contribution in [3.63, 3.8) is 0 Å². The molecule has 0 radical (unpaired) electrons. The molecule has 112 valence electrons. The zero-order chi connectivity index (χ0) is 15.4. The minimum atomic E-state index is -0.120. The van der Waals surface area contributed by atoms with Crippen LogP contribution in [0.3, 0.4) is 0 Å². The highest BCUT2D eigenvalue weighted by molar-refractivity contribution is 7.71. The third kappa shape index (κ3) is 4.04. The van der Waals surface area contributed by atoms with Gasteiger partial charge in [-0.25, -0.2) is 0 Å². The van der Waals surface area contributed by atoms with Gasteiger partial charge in [-0.3, -0.25) is 9.78 Å². The molecule has 1 heterocycles. The van der Waals surface area contributed by atoms with Gasteiger partial charge in [-0.1, -0.05) is 19.1 Å². The second-order valence-corrected chi connectivity index (χ2v) is 5.62. The van der Waals surface area contributed by atoms with E-state index in [0.717, 1.165) is 29.0 Å². The van der Waals surface area contributed by atoms with Crippen molar-refractivity contribution in [2.24, 2.45) is 0 Å². The molecule has 0 saturated carbocycles. The van der Waals surface area contributed by atoms with E-state index >= 15 is 0 Å². The number of aromatic amines is 2. The molecule has 0 unspecified atom stereocenters. The smallest absolute Gasteiger partial charge is 0.255 e. The fraction of sp³-hybridized carbons (Fsp3) is 0.375. The molecule has 0 spiro atoms. The second-order valence-electron chi connectivity index (χ2n) is 5.21. The normalized spacial score (nSPS) is 10.9. The van der Waals surface area contributed by atoms with Crippen LogP contribution in [0.25, 0.3) is 0 Å². The van der Waals surface area contributed by atoms with Gasteiger partial charge in [0, 0.05) is 17.7 Å². The van der Waals surface area contributed by atoms with Crippen molar-refractivity contribution in [2.45, 2.75) is 39.7 Å². The largest absolute Gasteiger partial charge is 0.491 e. The third-order valence-electron chi connectivity index (χ3n) is 3.13. The van der Waals surface area contributed by atoms with Crippen molar-refractivity contribution in [1.29, 1.82) is 0 Å². The first-order valence-electron chi connectivity index (χ1n) is 7.09. The molecule has 2 N–H and O–H groups in total. The average Bonchev–Trinajstić information content (AvgIpc) is 2.41. The molecule has 0 atom stereocenters. The van der Waals surface area contributed by atoms with E-state index in [1.165, 1.54) is 0 Å². The summed E-state index contributed by atoms with van der Waals surface area (Å²) in [5.41, 5.74) is 2.54. The Kier molecular flexibility index (Phi) is 4.96. The molecule has 0 aliphatic heterocycles. The number of rotatable bonds is 5. The van der Waals surface area contributed by atoms with Gasteiger partial charge in [0.05, 0.1) is 6.10 Å². The molecule has 2 aromatic rings. The molecule has 4 nitrogen and oxygen atoms in total. The van der Waals surface area contributed by atoms with Crippen molar-refractivity contribution in [3.05, 3.63) is 56.2 Å². The number of aryl methyl sites for hydroxylation is 1. The molecule has 0 bridgehead atoms. The number of H-pyrrole nitrogens is 2. The van der Waals surface area contributed by atoms with Gasteiger partial charge in [-0.15, -0.1) is 0 Å². The Morgan fingerprint density at radius 2 is 2.05 bits per heavy atom. The van der Waals surface area contributed by atoms with E-state index in [0.29, 0.717) is 11.2 Å². The van der Waals surface area contributed by atoms with Crippen molar-refractivity contribution >= 4 is 12.2 Å². The van der Waals surface area contributed by atoms with Crippen LogP contribution in [0, 0.1) is 4.77 Å². The average molecular weight is 304 g/mol. The Labute approximate surface area is 129 Å². The lowest BCUT2D eigenvalue weighted by molar-refractivity contribution is 0.242. The van der Waals surface area contributed by atoms with Crippen molar-refractivity contribution in [1.82, 2.24) is 9.97 Å². The number of ether oxygens (including phenoxy) is 1. The Bertz CT molecular complexity index is 732. The van der Waals surface area contributed by atoms with E-state index in [1.807, 2.05) is 45.0 Å². The Morgan fingerprint density at radius 3 is 2.71 bits per heavy atom. The van der Waals surface area contributed by atoms with E-state index in [9.17, 15) is 4.79 Å². The van der Waals surface area contributed by atoms with E-state index in [4.69, 9.17) is 17.0 Å². The highest BCUT2D eigenvalue weighted by atomic mass is 32.1. The summed E-state index contributed by atoms with van der Waals surface area (Å²) in [6, 6.07) is 7.83. The van der Waals surface area contributed by atoms with Gasteiger partial charge >= 0.3 is 0 Å². The van der Waals surface area contributed by atoms with Crippen LogP contribution in [-0.4, -0.2) is 16.1 Å². The van der Waals surface area contributed by atoms with Crippen molar-refractivity contribution < 1.29 is 4.74 Å². The first-order chi connectivity index (χ1) is 9.99. The van der Waals surface area contributed by atoms with Crippen LogP contribution in [0.5, 0.6) is 5.75 Å². The van der Waals surface area contributed by atoms with Crippen LogP contribution in [0.1, 0.15) is 37.6 Å². The number of benzene rings is 1. The maximum absolute atomic E-state index is 12.1. The van der Waals surface area contributed by atoms with Gasteiger partial charge < -0.3 is 9.72 Å². The first-order valence-corrected chi connectivity index (χ1v) is 7.50. The lowest BCUT2D eigenvalue weighted by atomic mass is 10.0. The van der Waals surface area contributed by atoms with Gasteiger partial charge in [0.25, 0.3) is 5.56 Å². The zero-order valence-electron chi connectivity index (χ0n) is 12.5. The summed E-state index contributed by atoms with van der Waals surface area (Å²) < 4.78 is 6.06. The number of nitrogens with one attached hydrogen (secondary N) is 2. The lowest BCUT2D eigenvalue weighted by Crippen LogP contribution is -2.18. The van der Waals surface area contributed by atoms with E-state index < -0.39 is 0 Å². The first kappa shape index (κ1) is 15.5. The van der Waals surface area contributed by atoms with E-state index in [1.54, 1.807) is 0 Å². The predicted octanol–water partition coefficient (Wildman–Crippen LogP) is 3.37. The molecule has 2 rings (SSSR count). The molecule has 0 amide bonds. The topological polar surface area (TPSA) is 57.9 Å². The summed E-state index contributed by atoms with van der Waals surface area (Å²) >= 11 is 5.01. The Balaban J connectivity index is 2.34. The second kappa shape index (κ2) is 6.72. The highest BCUT2D eigenvalue weighted by Gasteiger charge is 2.09. The standard InChI is InChI=1S/C16H20N2O2S/c1-4-14-13(15(19)18-16(21)17-14)9-11-6-5-7-12(8-11)20-10(2)3/h5-8,10H,4,9H2,1-3H3,(H2,17,18,19,21). The number of aromatic nitrogens is 2. The molecular formula is C16H20N2O2S. The van der Waals surface area contributed by atoms with Gasteiger partial charge in [-0.05, 0) is 50.2 Å². The van der Waals surface area contributed by atoms with Gasteiger partial charge in [0.15, 0.2) is 4.77 Å². The Morgan fingerprint density at radius 1 is 1.29 bits per heavy atom. The van der Waals surface area contributed by atoms with Crippen LogP contribution >= 0.6 is 12.2 Å². The summed E-state index contributed by atoms with van der Waals surface area (Å²) in [4.78, 5) is 17.8. The minimum Gasteiger partial charge on any atom is -0.491 e. The SMILES string of the molecule is CCc1[nH]c(=S)[nH]c(=O)c1Cc1cccc(OC(C)C)c1. The van der Waals surface area contributed by atoms with Crippen LogP contribution in [0.4, 0.5) is 0 Å². The van der Waals surface area contributed by atoms with Crippen LogP contribution in [0.2, 0.25) is 0 Å². The van der Waals surface area contributed by atoms with Crippen LogP contribution in [0.15, 0.2) is 29.1 Å². The van der Waals surface area contributed by atoms with Crippen molar-refractivity contribution in [2.75, 3.05) is 0 Å². The summed E-state index contributed by atoms with van der Waals surface area (Å²) in [6.45, 7) is 5.98. The quantitative estimate of drug-likeness (QED) is 0.833. The maximum atomic E-state index is 12.1. The summed E-state index contributed by atoms with van der Waals surface area (Å²) in [7, 11) is 0. The number of hydrogen-bond donors (Lipinski definition) is 2. The van der Waals surface area contributed by atoms with Gasteiger partial charge in [-0.2, -0.15) is 0 Å². The molecule has 0 saturated heterocycles. The molecule has 1 aromatic heterocycles. The van der Waals surface area contributed by atoms with Crippen LogP contribution < -0.4 is 10.3 Å². The monoisotopic (exact) mass is 304 g/mol. The van der Waals surface area contributed by atoms with Crippen molar-refractivity contribution in [3.8, 4) is 5.75 Å². The summed E-state index contributed by atoms with van der Waals surface area (Å²) in [5.74, 6) is 0.820. The van der Waals surface area contributed by atoms with Gasteiger partial charge in [0.1, 0.15) is 5.75 Å². The maximum Gasteiger partial charge on any atom is 0.255 e. The summed E-state index contributed by atoms with van der Waals surface area (Å²) in [5, 5.41) is 0. The highest BCUT2D eigenvalue weighted by Crippen LogP contribution is 2.17. The molecule has 0 fully saturated rings. The summed E-state index contributed by atoms with van der Waals surface area (Å²) in [6.07, 6.45) is 1.42. The van der Waals surface area contributed by atoms with E-state index in [-0.39, 0.29) is 11.7 Å². The molecule has 21 heavy (non-hydrogen) atoms. The molecule has 0 aliphatic carbocycles. The zero-order valence-corrected chi connectivity index (χ0v) is 13.3. The predicted molar refractivity (Wildman–Crippen MR) is 86.6 cm³/mol. The molecule has 1 aromatic carbocycles. The number of hydrogen-bond acceptors (Lipinski definition) is 3. The molecular weight excluding hydrogens is 284 g/mol. The Hall–Kier alpha value is -1.88.